The number of anilines is 2. The second-order valence-electron chi connectivity index (χ2n) is 1.52. The van der Waals surface area contributed by atoms with Crippen molar-refractivity contribution >= 4 is 27.6 Å². The van der Waals surface area contributed by atoms with Gasteiger partial charge in [-0.3, -0.25) is 0 Å². The predicted molar refractivity (Wildman–Crippen MR) is 38.9 cm³/mol. The summed E-state index contributed by atoms with van der Waals surface area (Å²) in [6, 6.07) is 0. The molecule has 50 valence electrons. The largest absolute Gasteiger partial charge is 0.381 e. The quantitative estimate of drug-likeness (QED) is 0.484. The molecule has 1 heterocycles. The number of halogens is 1. The standard InChI is InChI=1S/C3H6BrN5/c4-3-8-1(5)2(6)9(3)7/h5-7H2. The fourth-order valence-corrected chi connectivity index (χ4v) is 0.815. The second-order valence-corrected chi connectivity index (χ2v) is 2.23. The van der Waals surface area contributed by atoms with Crippen molar-refractivity contribution in [3.05, 3.63) is 4.73 Å². The number of nitrogens with two attached hydrogens (primary N) is 3. The zero-order chi connectivity index (χ0) is 7.02. The third kappa shape index (κ3) is 0.807. The number of aromatic nitrogens is 2. The van der Waals surface area contributed by atoms with E-state index >= 15 is 0 Å². The van der Waals surface area contributed by atoms with E-state index in [2.05, 4.69) is 20.9 Å². The van der Waals surface area contributed by atoms with Crippen LogP contribution >= 0.6 is 15.9 Å². The molecule has 0 aliphatic heterocycles. The molecule has 0 bridgehead atoms. The van der Waals surface area contributed by atoms with Crippen LogP contribution in [-0.2, 0) is 0 Å². The normalized spacial score (nSPS) is 9.89. The van der Waals surface area contributed by atoms with Crippen LogP contribution in [0.25, 0.3) is 0 Å². The van der Waals surface area contributed by atoms with Crippen LogP contribution in [0.1, 0.15) is 0 Å². The van der Waals surface area contributed by atoms with E-state index < -0.39 is 0 Å². The Bertz CT molecular complexity index is 206. The van der Waals surface area contributed by atoms with E-state index in [-0.39, 0.29) is 11.6 Å². The maximum absolute atomic E-state index is 5.32. The average Bonchev–Trinajstić information content (AvgIpc) is 1.98. The highest BCUT2D eigenvalue weighted by Gasteiger charge is 2.05. The SMILES string of the molecule is Nc1nc(Br)n(N)c1N. The number of hydrogen-bond acceptors (Lipinski definition) is 4. The summed E-state index contributed by atoms with van der Waals surface area (Å²) < 4.78 is 1.59. The lowest BCUT2D eigenvalue weighted by Crippen LogP contribution is -2.12. The minimum atomic E-state index is 0.240. The van der Waals surface area contributed by atoms with Gasteiger partial charge in [0, 0.05) is 0 Å². The predicted octanol–water partition coefficient (Wildman–Crippen LogP) is -0.476. The van der Waals surface area contributed by atoms with Crippen molar-refractivity contribution in [2.75, 3.05) is 17.3 Å². The van der Waals surface area contributed by atoms with Crippen molar-refractivity contribution in [1.29, 1.82) is 0 Å². The maximum atomic E-state index is 5.32. The highest BCUT2D eigenvalue weighted by molar-refractivity contribution is 9.10. The van der Waals surface area contributed by atoms with Crippen LogP contribution in [-0.4, -0.2) is 9.66 Å². The van der Waals surface area contributed by atoms with E-state index in [1.807, 2.05) is 0 Å². The molecule has 6 N–H and O–H groups in total. The smallest absolute Gasteiger partial charge is 0.199 e. The van der Waals surface area contributed by atoms with E-state index in [4.69, 9.17) is 17.3 Å². The van der Waals surface area contributed by atoms with E-state index in [9.17, 15) is 0 Å². The summed E-state index contributed by atoms with van der Waals surface area (Å²) in [5.41, 5.74) is 10.6. The van der Waals surface area contributed by atoms with Gasteiger partial charge in [0.2, 0.25) is 0 Å². The van der Waals surface area contributed by atoms with Gasteiger partial charge in [-0.2, -0.15) is 0 Å². The number of hydrogen-bond donors (Lipinski definition) is 3. The van der Waals surface area contributed by atoms with Gasteiger partial charge < -0.3 is 17.3 Å². The molecule has 0 amide bonds. The summed E-state index contributed by atoms with van der Waals surface area (Å²) >= 11 is 3.03. The molecule has 0 spiro atoms. The van der Waals surface area contributed by atoms with Gasteiger partial charge in [-0.05, 0) is 15.9 Å². The monoisotopic (exact) mass is 191 g/mol. The third-order valence-electron chi connectivity index (χ3n) is 0.933. The van der Waals surface area contributed by atoms with Gasteiger partial charge in [0.15, 0.2) is 16.4 Å². The zero-order valence-corrected chi connectivity index (χ0v) is 6.09. The summed E-state index contributed by atoms with van der Waals surface area (Å²) in [4.78, 5) is 3.72. The van der Waals surface area contributed by atoms with Crippen LogP contribution in [0.5, 0.6) is 0 Å². The summed E-state index contributed by atoms with van der Waals surface area (Å²) in [5, 5.41) is 0. The van der Waals surface area contributed by atoms with Crippen molar-refractivity contribution in [2.24, 2.45) is 0 Å². The molecule has 0 saturated heterocycles. The van der Waals surface area contributed by atoms with Gasteiger partial charge in [0.05, 0.1) is 0 Å². The van der Waals surface area contributed by atoms with E-state index in [0.29, 0.717) is 4.73 Å². The Labute approximate surface area is 59.9 Å². The van der Waals surface area contributed by atoms with Gasteiger partial charge in [-0.25, -0.2) is 9.66 Å². The lowest BCUT2D eigenvalue weighted by Gasteiger charge is -1.93. The molecule has 5 nitrogen and oxygen atoms in total. The summed E-state index contributed by atoms with van der Waals surface area (Å²) in [6.07, 6.45) is 0. The fourth-order valence-electron chi connectivity index (χ4n) is 0.433. The molecule has 0 aromatic carbocycles. The molecule has 9 heavy (non-hydrogen) atoms. The van der Waals surface area contributed by atoms with Crippen LogP contribution in [0.15, 0.2) is 4.73 Å². The molecule has 0 fully saturated rings. The van der Waals surface area contributed by atoms with Gasteiger partial charge in [-0.15, -0.1) is 0 Å². The molecule has 0 aliphatic rings. The summed E-state index contributed by atoms with van der Waals surface area (Å²) in [6.45, 7) is 0. The van der Waals surface area contributed by atoms with Gasteiger partial charge in [0.25, 0.3) is 0 Å². The Morgan fingerprint density at radius 2 is 2.00 bits per heavy atom. The van der Waals surface area contributed by atoms with E-state index in [1.54, 1.807) is 0 Å². The lowest BCUT2D eigenvalue weighted by atomic mass is 10.7. The first-order chi connectivity index (χ1) is 4.13. The molecule has 0 atom stereocenters. The van der Waals surface area contributed by atoms with E-state index in [1.165, 1.54) is 0 Å². The Balaban J connectivity index is 3.29. The summed E-state index contributed by atoms with van der Waals surface area (Å²) in [5.74, 6) is 5.81. The second kappa shape index (κ2) is 1.80. The van der Waals surface area contributed by atoms with E-state index in [0.717, 1.165) is 4.68 Å². The van der Waals surface area contributed by atoms with Crippen molar-refractivity contribution < 1.29 is 0 Å². The molecular formula is C3H6BrN5. The molecule has 1 aromatic rings. The van der Waals surface area contributed by atoms with Gasteiger partial charge in [0.1, 0.15) is 0 Å². The average molecular weight is 192 g/mol. The van der Waals surface area contributed by atoms with Crippen LogP contribution in [0.2, 0.25) is 0 Å². The van der Waals surface area contributed by atoms with Crippen LogP contribution < -0.4 is 17.3 Å². The van der Waals surface area contributed by atoms with Crippen LogP contribution in [0.4, 0.5) is 11.6 Å². The van der Waals surface area contributed by atoms with Gasteiger partial charge in [-0.1, -0.05) is 0 Å². The first-order valence-electron chi connectivity index (χ1n) is 2.17. The van der Waals surface area contributed by atoms with Crippen molar-refractivity contribution in [3.8, 4) is 0 Å². The van der Waals surface area contributed by atoms with Crippen LogP contribution in [0, 0.1) is 0 Å². The molecular weight excluding hydrogens is 186 g/mol. The Morgan fingerprint density at radius 3 is 2.11 bits per heavy atom. The summed E-state index contributed by atoms with van der Waals surface area (Å²) in [7, 11) is 0. The van der Waals surface area contributed by atoms with Crippen molar-refractivity contribution in [2.45, 2.75) is 0 Å². The molecule has 0 unspecified atom stereocenters. The molecule has 0 radical (unpaired) electrons. The number of nitrogen functional groups attached to an aromatic ring is 3. The van der Waals surface area contributed by atoms with Crippen molar-refractivity contribution in [1.82, 2.24) is 9.66 Å². The third-order valence-corrected chi connectivity index (χ3v) is 1.49. The fraction of sp³-hybridized carbons (Fsp3) is 0. The minimum Gasteiger partial charge on any atom is -0.381 e. The topological polar surface area (TPSA) is 95.9 Å². The van der Waals surface area contributed by atoms with Gasteiger partial charge >= 0.3 is 0 Å². The lowest BCUT2D eigenvalue weighted by molar-refractivity contribution is 0.971. The first kappa shape index (κ1) is 6.21. The Kier molecular flexibility index (Phi) is 1.24. The molecule has 0 saturated carbocycles. The number of rotatable bonds is 0. The number of imidazole rings is 1. The molecule has 1 rings (SSSR count). The van der Waals surface area contributed by atoms with Crippen molar-refractivity contribution in [3.63, 3.8) is 0 Å². The highest BCUT2D eigenvalue weighted by Crippen LogP contribution is 2.16. The molecule has 6 heteroatoms. The maximum Gasteiger partial charge on any atom is 0.199 e. The number of nitrogens with zero attached hydrogens (tertiary/aromatic N) is 2. The Morgan fingerprint density at radius 1 is 1.44 bits per heavy atom. The Hall–Kier alpha value is -0.910. The minimum absolute atomic E-state index is 0.240. The molecule has 0 aliphatic carbocycles. The molecule has 1 aromatic heterocycles. The first-order valence-corrected chi connectivity index (χ1v) is 2.96. The highest BCUT2D eigenvalue weighted by atomic mass is 79.9. The zero-order valence-electron chi connectivity index (χ0n) is 4.50. The van der Waals surface area contributed by atoms with Crippen LogP contribution in [0.3, 0.4) is 0 Å².